The third-order valence-electron chi connectivity index (χ3n) is 3.11. The molecule has 0 unspecified atom stereocenters. The van der Waals surface area contributed by atoms with Gasteiger partial charge in [0.2, 0.25) is 5.91 Å². The fraction of sp³-hybridized carbons (Fsp3) is 0.385. The lowest BCUT2D eigenvalue weighted by Crippen LogP contribution is -2.39. The summed E-state index contributed by atoms with van der Waals surface area (Å²) < 4.78 is 5.41. The van der Waals surface area contributed by atoms with Gasteiger partial charge < -0.3 is 15.1 Å². The quantitative estimate of drug-likeness (QED) is 0.643. The number of nitrogens with zero attached hydrogens (tertiary/aromatic N) is 2. The van der Waals surface area contributed by atoms with Crippen molar-refractivity contribution in [3.63, 3.8) is 0 Å². The molecule has 8 nitrogen and oxygen atoms in total. The highest BCUT2D eigenvalue weighted by atomic mass is 16.6. The molecule has 0 bridgehead atoms. The van der Waals surface area contributed by atoms with Crippen LogP contribution < -0.4 is 10.6 Å². The molecule has 2 rings (SSSR count). The van der Waals surface area contributed by atoms with Gasteiger partial charge in [-0.2, -0.15) is 4.98 Å². The summed E-state index contributed by atoms with van der Waals surface area (Å²) >= 11 is 0. The van der Waals surface area contributed by atoms with E-state index in [4.69, 9.17) is 4.42 Å². The second-order valence-corrected chi connectivity index (χ2v) is 5.24. The Balaban J connectivity index is 2.16. The van der Waals surface area contributed by atoms with Gasteiger partial charge in [0.1, 0.15) is 5.52 Å². The van der Waals surface area contributed by atoms with Crippen LogP contribution in [0.1, 0.15) is 13.8 Å². The first-order valence-electron chi connectivity index (χ1n) is 6.34. The Morgan fingerprint density at radius 1 is 1.48 bits per heavy atom. The van der Waals surface area contributed by atoms with Gasteiger partial charge in [-0.25, -0.2) is 0 Å². The number of aromatic nitrogens is 1. The molecule has 0 aliphatic carbocycles. The number of nitrogens with one attached hydrogen (secondary N) is 2. The summed E-state index contributed by atoms with van der Waals surface area (Å²) in [5.74, 6) is -0.109. The van der Waals surface area contributed by atoms with Gasteiger partial charge >= 0.3 is 0 Å². The first-order chi connectivity index (χ1) is 9.83. The van der Waals surface area contributed by atoms with E-state index in [1.54, 1.807) is 20.9 Å². The molecule has 0 aliphatic rings. The van der Waals surface area contributed by atoms with Crippen molar-refractivity contribution in [2.45, 2.75) is 13.8 Å². The van der Waals surface area contributed by atoms with Crippen LogP contribution in [0.25, 0.3) is 11.1 Å². The molecule has 1 aromatic heterocycles. The van der Waals surface area contributed by atoms with Crippen LogP contribution in [0.3, 0.4) is 0 Å². The zero-order valence-electron chi connectivity index (χ0n) is 12.0. The summed E-state index contributed by atoms with van der Waals surface area (Å²) in [6, 6.07) is 4.43. The number of rotatable bonds is 5. The van der Waals surface area contributed by atoms with Crippen molar-refractivity contribution in [3.8, 4) is 0 Å². The van der Waals surface area contributed by atoms with E-state index in [9.17, 15) is 14.9 Å². The van der Waals surface area contributed by atoms with Gasteiger partial charge in [0.25, 0.3) is 11.7 Å². The number of non-ortho nitro benzene ring substituents is 1. The summed E-state index contributed by atoms with van der Waals surface area (Å²) in [5.41, 5.74) is 0.141. The van der Waals surface area contributed by atoms with Crippen molar-refractivity contribution in [2.75, 3.05) is 18.9 Å². The van der Waals surface area contributed by atoms with E-state index in [1.165, 1.54) is 18.2 Å². The van der Waals surface area contributed by atoms with E-state index < -0.39 is 10.3 Å². The average Bonchev–Trinajstić information content (AvgIpc) is 2.86. The third-order valence-corrected chi connectivity index (χ3v) is 3.11. The van der Waals surface area contributed by atoms with E-state index >= 15 is 0 Å². The zero-order chi connectivity index (χ0) is 15.6. The molecule has 2 aromatic rings. The second kappa shape index (κ2) is 5.39. The summed E-state index contributed by atoms with van der Waals surface area (Å²) in [5, 5.41) is 16.2. The number of nitro groups is 1. The van der Waals surface area contributed by atoms with Crippen molar-refractivity contribution in [2.24, 2.45) is 5.41 Å². The minimum atomic E-state index is -0.637. The Morgan fingerprint density at radius 3 is 2.81 bits per heavy atom. The molecule has 112 valence electrons. The van der Waals surface area contributed by atoms with E-state index in [2.05, 4.69) is 15.6 Å². The summed E-state index contributed by atoms with van der Waals surface area (Å²) in [7, 11) is 1.57. The monoisotopic (exact) mass is 292 g/mol. The Kier molecular flexibility index (Phi) is 3.79. The number of benzene rings is 1. The highest BCUT2D eigenvalue weighted by Crippen LogP contribution is 2.24. The number of carbonyl (C=O) groups is 1. The van der Waals surface area contributed by atoms with Crippen molar-refractivity contribution < 1.29 is 14.1 Å². The van der Waals surface area contributed by atoms with Crippen LogP contribution in [0, 0.1) is 15.5 Å². The number of oxazole rings is 1. The molecule has 1 amide bonds. The van der Waals surface area contributed by atoms with E-state index in [1.807, 2.05) is 0 Å². The first kappa shape index (κ1) is 14.8. The number of amides is 1. The van der Waals surface area contributed by atoms with E-state index in [0.29, 0.717) is 17.6 Å². The summed E-state index contributed by atoms with van der Waals surface area (Å²) in [4.78, 5) is 26.0. The van der Waals surface area contributed by atoms with Gasteiger partial charge in [-0.1, -0.05) is 0 Å². The lowest BCUT2D eigenvalue weighted by Gasteiger charge is -2.22. The molecular weight excluding hydrogens is 276 g/mol. The fourth-order valence-electron chi connectivity index (χ4n) is 1.82. The molecule has 1 heterocycles. The van der Waals surface area contributed by atoms with Crippen molar-refractivity contribution >= 4 is 28.7 Å². The van der Waals surface area contributed by atoms with Crippen molar-refractivity contribution in [3.05, 3.63) is 28.3 Å². The van der Waals surface area contributed by atoms with Crippen LogP contribution in [-0.4, -0.2) is 29.4 Å². The Labute approximate surface area is 120 Å². The molecule has 2 N–H and O–H groups in total. The van der Waals surface area contributed by atoms with Gasteiger partial charge in [0, 0.05) is 19.7 Å². The Morgan fingerprint density at radius 2 is 2.19 bits per heavy atom. The van der Waals surface area contributed by atoms with Crippen molar-refractivity contribution in [1.29, 1.82) is 0 Å². The summed E-state index contributed by atoms with van der Waals surface area (Å²) in [6.45, 7) is 3.89. The minimum absolute atomic E-state index is 0.0594. The predicted molar refractivity (Wildman–Crippen MR) is 77.0 cm³/mol. The number of fused-ring (bicyclic) bond motifs is 1. The molecule has 0 aliphatic heterocycles. The summed E-state index contributed by atoms with van der Waals surface area (Å²) in [6.07, 6.45) is 0. The smallest absolute Gasteiger partial charge is 0.295 e. The topological polar surface area (TPSA) is 110 Å². The lowest BCUT2D eigenvalue weighted by atomic mass is 9.92. The van der Waals surface area contributed by atoms with Gasteiger partial charge in [-0.05, 0) is 19.9 Å². The maximum absolute atomic E-state index is 11.7. The fourth-order valence-corrected chi connectivity index (χ4v) is 1.82. The van der Waals surface area contributed by atoms with Gasteiger partial charge in [-0.3, -0.25) is 14.9 Å². The molecule has 0 fully saturated rings. The number of carbonyl (C=O) groups excluding carboxylic acids is 1. The molecular formula is C13H16N4O4. The lowest BCUT2D eigenvalue weighted by molar-refractivity contribution is -0.384. The highest BCUT2D eigenvalue weighted by molar-refractivity contribution is 5.82. The molecule has 1 aromatic carbocycles. The maximum Gasteiger partial charge on any atom is 0.295 e. The zero-order valence-corrected chi connectivity index (χ0v) is 12.0. The average molecular weight is 292 g/mol. The standard InChI is InChI=1S/C13H16N4O4/c1-13(2,11(18)14-3)7-15-12-16-9-5-4-8(17(19)20)6-10(9)21-12/h4-6H,7H2,1-3H3,(H,14,18)(H,15,16). The molecule has 21 heavy (non-hydrogen) atoms. The second-order valence-electron chi connectivity index (χ2n) is 5.24. The molecule has 0 atom stereocenters. The van der Waals surface area contributed by atoms with Crippen LogP contribution in [0.2, 0.25) is 0 Å². The molecule has 0 radical (unpaired) electrons. The normalized spacial score (nSPS) is 11.4. The molecule has 0 saturated heterocycles. The molecule has 0 spiro atoms. The first-order valence-corrected chi connectivity index (χ1v) is 6.34. The molecule has 0 saturated carbocycles. The van der Waals surface area contributed by atoms with Crippen LogP contribution in [0.15, 0.2) is 22.6 Å². The highest BCUT2D eigenvalue weighted by Gasteiger charge is 2.27. The van der Waals surface area contributed by atoms with Gasteiger partial charge in [0.05, 0.1) is 16.4 Å². The van der Waals surface area contributed by atoms with Crippen LogP contribution in [0.4, 0.5) is 11.7 Å². The number of hydrogen-bond acceptors (Lipinski definition) is 6. The van der Waals surface area contributed by atoms with E-state index in [-0.39, 0.29) is 17.6 Å². The number of nitro benzene ring substituents is 1. The SMILES string of the molecule is CNC(=O)C(C)(C)CNc1nc2ccc([N+](=O)[O-])cc2o1. The number of anilines is 1. The van der Waals surface area contributed by atoms with Crippen LogP contribution in [-0.2, 0) is 4.79 Å². The minimum Gasteiger partial charge on any atom is -0.423 e. The van der Waals surface area contributed by atoms with Gasteiger partial charge in [0.15, 0.2) is 5.58 Å². The van der Waals surface area contributed by atoms with Crippen LogP contribution in [0.5, 0.6) is 0 Å². The predicted octanol–water partition coefficient (Wildman–Crippen LogP) is 1.92. The third kappa shape index (κ3) is 3.10. The Bertz CT molecular complexity index is 693. The number of hydrogen-bond donors (Lipinski definition) is 2. The van der Waals surface area contributed by atoms with Gasteiger partial charge in [-0.15, -0.1) is 0 Å². The van der Waals surface area contributed by atoms with Crippen molar-refractivity contribution in [1.82, 2.24) is 10.3 Å². The van der Waals surface area contributed by atoms with E-state index in [0.717, 1.165) is 0 Å². The van der Waals surface area contributed by atoms with Crippen LogP contribution >= 0.6 is 0 Å². The Hall–Kier alpha value is -2.64. The largest absolute Gasteiger partial charge is 0.423 e. The maximum atomic E-state index is 11.7. The molecule has 8 heteroatoms.